The molecule has 26 heavy (non-hydrogen) atoms. The Hall–Kier alpha value is -1.97. The number of sulfonamides is 1. The Labute approximate surface area is 152 Å². The van der Waals surface area contributed by atoms with Crippen molar-refractivity contribution in [3.05, 3.63) is 30.1 Å². The van der Waals surface area contributed by atoms with E-state index in [2.05, 4.69) is 9.88 Å². The zero-order valence-corrected chi connectivity index (χ0v) is 15.6. The fraction of sp³-hybridized carbons (Fsp3) is 0.529. The fourth-order valence-electron chi connectivity index (χ4n) is 4.34. The lowest BCUT2D eigenvalue weighted by Crippen LogP contribution is -2.41. The number of imidazole rings is 1. The summed E-state index contributed by atoms with van der Waals surface area (Å²) in [5.41, 5.74) is 0.923. The maximum atomic E-state index is 12.0. The molecule has 1 aromatic carbocycles. The van der Waals surface area contributed by atoms with E-state index in [-0.39, 0.29) is 19.0 Å². The number of para-hydroxylation sites is 2. The number of benzene rings is 1. The molecule has 0 radical (unpaired) electrons. The molecular formula is C17H22N4O4S. The predicted octanol–water partition coefficient (Wildman–Crippen LogP) is 0.351. The van der Waals surface area contributed by atoms with Gasteiger partial charge in [0.05, 0.1) is 29.2 Å². The average Bonchev–Trinajstić information content (AvgIpc) is 3.17. The largest absolute Gasteiger partial charge is 0.481 e. The average molecular weight is 378 g/mol. The molecule has 0 saturated carbocycles. The molecule has 0 unspecified atom stereocenters. The van der Waals surface area contributed by atoms with Crippen molar-refractivity contribution in [3.63, 3.8) is 0 Å². The van der Waals surface area contributed by atoms with E-state index in [0.29, 0.717) is 19.6 Å². The van der Waals surface area contributed by atoms with Crippen molar-refractivity contribution in [1.82, 2.24) is 18.8 Å². The summed E-state index contributed by atoms with van der Waals surface area (Å²) in [4.78, 5) is 18.8. The van der Waals surface area contributed by atoms with Gasteiger partial charge in [0.25, 0.3) is 0 Å². The van der Waals surface area contributed by atoms with Crippen molar-refractivity contribution in [3.8, 4) is 0 Å². The Balaban J connectivity index is 1.58. The van der Waals surface area contributed by atoms with E-state index in [4.69, 9.17) is 0 Å². The summed E-state index contributed by atoms with van der Waals surface area (Å²) in [5, 5.41) is 9.84. The standard InChI is InChI=1S/C17H22N4O4S/c1-19-14-6-4-3-5-13(14)18-15(19)9-20-7-12-8-21(26(2,24)25)11-17(12,10-20)16(22)23/h3-6,12H,7-11H2,1-2H3,(H,22,23)/t12-,17-/m0/s1. The van der Waals surface area contributed by atoms with E-state index in [9.17, 15) is 18.3 Å². The first-order valence-electron chi connectivity index (χ1n) is 8.52. The Bertz CT molecular complexity index is 986. The number of fused-ring (bicyclic) bond motifs is 2. The van der Waals surface area contributed by atoms with Gasteiger partial charge in [-0.05, 0) is 12.1 Å². The van der Waals surface area contributed by atoms with E-state index in [1.165, 1.54) is 4.31 Å². The number of rotatable bonds is 4. The van der Waals surface area contributed by atoms with Crippen molar-refractivity contribution >= 4 is 27.0 Å². The first-order chi connectivity index (χ1) is 12.2. The van der Waals surface area contributed by atoms with Crippen LogP contribution >= 0.6 is 0 Å². The molecule has 2 aliphatic rings. The van der Waals surface area contributed by atoms with E-state index in [0.717, 1.165) is 23.1 Å². The maximum Gasteiger partial charge on any atom is 0.312 e. The number of carbonyl (C=O) groups is 1. The van der Waals surface area contributed by atoms with Gasteiger partial charge in [-0.25, -0.2) is 17.7 Å². The molecule has 1 N–H and O–H groups in total. The van der Waals surface area contributed by atoms with Gasteiger partial charge < -0.3 is 9.67 Å². The summed E-state index contributed by atoms with van der Waals surface area (Å²) >= 11 is 0. The fourth-order valence-corrected chi connectivity index (χ4v) is 5.25. The van der Waals surface area contributed by atoms with Crippen LogP contribution in [0.3, 0.4) is 0 Å². The summed E-state index contributed by atoms with van der Waals surface area (Å²) in [6.07, 6.45) is 1.14. The van der Waals surface area contributed by atoms with Gasteiger partial charge >= 0.3 is 5.97 Å². The van der Waals surface area contributed by atoms with Gasteiger partial charge in [0.2, 0.25) is 10.0 Å². The topological polar surface area (TPSA) is 95.7 Å². The molecule has 3 heterocycles. The molecule has 1 aromatic heterocycles. The van der Waals surface area contributed by atoms with E-state index in [1.807, 2.05) is 35.9 Å². The minimum Gasteiger partial charge on any atom is -0.481 e. The van der Waals surface area contributed by atoms with Crippen LogP contribution in [-0.2, 0) is 28.4 Å². The van der Waals surface area contributed by atoms with Crippen LogP contribution in [0, 0.1) is 11.3 Å². The second-order valence-corrected chi connectivity index (χ2v) is 9.44. The smallest absolute Gasteiger partial charge is 0.312 e. The molecule has 140 valence electrons. The van der Waals surface area contributed by atoms with Crippen LogP contribution in [0.25, 0.3) is 11.0 Å². The van der Waals surface area contributed by atoms with Crippen molar-refractivity contribution in [2.45, 2.75) is 6.54 Å². The highest BCUT2D eigenvalue weighted by atomic mass is 32.2. The van der Waals surface area contributed by atoms with Crippen LogP contribution in [0.2, 0.25) is 0 Å². The Morgan fingerprint density at radius 3 is 2.65 bits per heavy atom. The highest BCUT2D eigenvalue weighted by Crippen LogP contribution is 2.44. The normalized spacial score (nSPS) is 27.2. The van der Waals surface area contributed by atoms with Gasteiger partial charge in [0.1, 0.15) is 5.82 Å². The van der Waals surface area contributed by atoms with E-state index < -0.39 is 21.4 Å². The number of likely N-dealkylation sites (tertiary alicyclic amines) is 1. The third-order valence-electron chi connectivity index (χ3n) is 5.79. The van der Waals surface area contributed by atoms with Gasteiger partial charge in [-0.3, -0.25) is 9.69 Å². The summed E-state index contributed by atoms with van der Waals surface area (Å²) in [7, 11) is -1.42. The van der Waals surface area contributed by atoms with E-state index in [1.54, 1.807) is 0 Å². The SMILES string of the molecule is Cn1c(CN2C[C@H]3CN(S(C)(=O)=O)C[C@@]3(C(=O)O)C2)nc2ccccc21. The molecule has 2 aromatic rings. The van der Waals surface area contributed by atoms with Crippen LogP contribution < -0.4 is 0 Å². The zero-order chi connectivity index (χ0) is 18.7. The molecule has 0 bridgehead atoms. The third kappa shape index (κ3) is 2.62. The third-order valence-corrected chi connectivity index (χ3v) is 7.00. The van der Waals surface area contributed by atoms with Gasteiger partial charge in [-0.15, -0.1) is 0 Å². The van der Waals surface area contributed by atoms with Gasteiger partial charge in [0, 0.05) is 39.1 Å². The number of carboxylic acid groups (broad SMARTS) is 1. The summed E-state index contributed by atoms with van der Waals surface area (Å²) < 4.78 is 27.0. The molecule has 2 aliphatic heterocycles. The van der Waals surface area contributed by atoms with Crippen molar-refractivity contribution in [2.24, 2.45) is 18.4 Å². The molecule has 9 heteroatoms. The summed E-state index contributed by atoms with van der Waals surface area (Å²) in [5.74, 6) is -0.239. The lowest BCUT2D eigenvalue weighted by atomic mass is 9.81. The van der Waals surface area contributed by atoms with Crippen LogP contribution in [0.5, 0.6) is 0 Å². The molecule has 8 nitrogen and oxygen atoms in total. The number of nitrogens with zero attached hydrogens (tertiary/aromatic N) is 4. The quantitative estimate of drug-likeness (QED) is 0.825. The number of carboxylic acids is 1. The summed E-state index contributed by atoms with van der Waals surface area (Å²) in [6, 6.07) is 7.87. The highest BCUT2D eigenvalue weighted by Gasteiger charge is 2.59. The Morgan fingerprint density at radius 1 is 1.31 bits per heavy atom. The predicted molar refractivity (Wildman–Crippen MR) is 96.0 cm³/mol. The Kier molecular flexibility index (Phi) is 3.87. The number of aryl methyl sites for hydroxylation is 1. The maximum absolute atomic E-state index is 12.0. The highest BCUT2D eigenvalue weighted by molar-refractivity contribution is 7.88. The van der Waals surface area contributed by atoms with Crippen LogP contribution in [-0.4, -0.2) is 70.7 Å². The lowest BCUT2D eigenvalue weighted by molar-refractivity contribution is -0.148. The molecule has 2 atom stereocenters. The molecule has 2 fully saturated rings. The first kappa shape index (κ1) is 17.4. The van der Waals surface area contributed by atoms with Crippen LogP contribution in [0.15, 0.2) is 24.3 Å². The molecule has 2 saturated heterocycles. The van der Waals surface area contributed by atoms with Crippen LogP contribution in [0.4, 0.5) is 0 Å². The van der Waals surface area contributed by atoms with Crippen molar-refractivity contribution < 1.29 is 18.3 Å². The van der Waals surface area contributed by atoms with Gasteiger partial charge in [-0.2, -0.15) is 0 Å². The minimum absolute atomic E-state index is 0.0465. The molecule has 0 aliphatic carbocycles. The van der Waals surface area contributed by atoms with Crippen molar-refractivity contribution in [2.75, 3.05) is 32.4 Å². The molecule has 4 rings (SSSR count). The molecular weight excluding hydrogens is 356 g/mol. The molecule has 0 spiro atoms. The number of aromatic nitrogens is 2. The number of hydrogen-bond donors (Lipinski definition) is 1. The monoisotopic (exact) mass is 378 g/mol. The number of aliphatic carboxylic acids is 1. The van der Waals surface area contributed by atoms with Crippen molar-refractivity contribution in [1.29, 1.82) is 0 Å². The lowest BCUT2D eigenvalue weighted by Gasteiger charge is -2.24. The zero-order valence-electron chi connectivity index (χ0n) is 14.8. The molecule has 0 amide bonds. The number of hydrogen-bond acceptors (Lipinski definition) is 5. The Morgan fingerprint density at radius 2 is 2.04 bits per heavy atom. The summed E-state index contributed by atoms with van der Waals surface area (Å²) in [6.45, 7) is 1.76. The first-order valence-corrected chi connectivity index (χ1v) is 10.4. The second kappa shape index (κ2) is 5.77. The minimum atomic E-state index is -3.38. The van der Waals surface area contributed by atoms with Gasteiger partial charge in [-0.1, -0.05) is 12.1 Å². The van der Waals surface area contributed by atoms with E-state index >= 15 is 0 Å². The second-order valence-electron chi connectivity index (χ2n) is 7.46. The van der Waals surface area contributed by atoms with Crippen LogP contribution in [0.1, 0.15) is 5.82 Å². The van der Waals surface area contributed by atoms with Gasteiger partial charge in [0.15, 0.2) is 0 Å².